The number of unbranched alkanes of at least 4 members (excludes halogenated alkanes) is 1. The minimum absolute atomic E-state index is 0.000348. The van der Waals surface area contributed by atoms with Gasteiger partial charge in [-0.05, 0) is 49.9 Å². The monoisotopic (exact) mass is 516 g/mol. The summed E-state index contributed by atoms with van der Waals surface area (Å²) in [6, 6.07) is 5.22. The number of rotatable bonds is 13. The molecule has 2 fully saturated rings. The van der Waals surface area contributed by atoms with Gasteiger partial charge in [-0.2, -0.15) is 0 Å². The van der Waals surface area contributed by atoms with Crippen LogP contribution in [-0.2, 0) is 14.4 Å². The fourth-order valence-electron chi connectivity index (χ4n) is 5.83. The van der Waals surface area contributed by atoms with E-state index in [0.717, 1.165) is 31.2 Å². The molecule has 0 aliphatic carbocycles. The van der Waals surface area contributed by atoms with Crippen LogP contribution in [0, 0.1) is 5.92 Å². The topological polar surface area (TPSA) is 126 Å². The number of nitrogens with two attached hydrogens (primary N) is 1. The van der Waals surface area contributed by atoms with Crippen LogP contribution in [0.4, 0.5) is 0 Å². The Labute approximate surface area is 218 Å². The van der Waals surface area contributed by atoms with E-state index in [2.05, 4.69) is 6.92 Å². The number of hydrogen-bond acceptors (Lipinski definition) is 7. The Morgan fingerprint density at radius 1 is 1.19 bits per heavy atom. The number of carbonyl (C=O) groups excluding carboxylic acids is 2. The van der Waals surface area contributed by atoms with Crippen LogP contribution in [0.2, 0.25) is 0 Å². The van der Waals surface area contributed by atoms with Crippen LogP contribution >= 0.6 is 0 Å². The van der Waals surface area contributed by atoms with Crippen LogP contribution in [0.15, 0.2) is 18.2 Å². The lowest BCUT2D eigenvalue weighted by Gasteiger charge is -2.30. The lowest BCUT2D eigenvalue weighted by atomic mass is 9.84. The molecule has 0 saturated carbocycles. The highest BCUT2D eigenvalue weighted by atomic mass is 16.7. The SMILES string of the molecule is CCCCN(CCCN)C(=O)CN1CC(c2ccc3c(c2)OCO3)C(C(=O)O)C1CCN1CCCC1=O. The van der Waals surface area contributed by atoms with Gasteiger partial charge in [-0.15, -0.1) is 0 Å². The van der Waals surface area contributed by atoms with Crippen molar-refractivity contribution in [1.82, 2.24) is 14.7 Å². The van der Waals surface area contributed by atoms with Crippen molar-refractivity contribution in [2.45, 2.75) is 57.4 Å². The number of benzene rings is 1. The van der Waals surface area contributed by atoms with E-state index < -0.39 is 11.9 Å². The van der Waals surface area contributed by atoms with Gasteiger partial charge in [-0.3, -0.25) is 19.3 Å². The van der Waals surface area contributed by atoms with Crippen LogP contribution in [0.5, 0.6) is 11.5 Å². The molecule has 4 rings (SSSR count). The predicted molar refractivity (Wildman–Crippen MR) is 137 cm³/mol. The Balaban J connectivity index is 1.57. The molecule has 0 radical (unpaired) electrons. The minimum atomic E-state index is -0.888. The zero-order chi connectivity index (χ0) is 26.4. The van der Waals surface area contributed by atoms with E-state index >= 15 is 0 Å². The van der Waals surface area contributed by atoms with Gasteiger partial charge in [0.25, 0.3) is 0 Å². The molecule has 0 spiro atoms. The molecule has 10 heteroatoms. The Hall–Kier alpha value is -2.85. The normalized spacial score (nSPS) is 23.1. The van der Waals surface area contributed by atoms with Crippen molar-refractivity contribution < 1.29 is 29.0 Å². The van der Waals surface area contributed by atoms with Crippen molar-refractivity contribution >= 4 is 17.8 Å². The Morgan fingerprint density at radius 3 is 2.68 bits per heavy atom. The van der Waals surface area contributed by atoms with Crippen LogP contribution in [0.3, 0.4) is 0 Å². The fourth-order valence-corrected chi connectivity index (χ4v) is 5.83. The number of likely N-dealkylation sites (tertiary alicyclic amines) is 2. The standard InChI is InChI=1S/C27H40N4O6/c1-2-3-11-29(13-5-10-28)25(33)17-31-16-20(19-7-8-22-23(15-19)37-18-36-22)26(27(34)35)21(31)9-14-30-12-4-6-24(30)32/h7-8,15,20-21,26H,2-6,9-14,16-18,28H2,1H3,(H,34,35). The summed E-state index contributed by atoms with van der Waals surface area (Å²) in [5.74, 6) is -0.529. The van der Waals surface area contributed by atoms with Gasteiger partial charge < -0.3 is 30.1 Å². The Morgan fingerprint density at radius 2 is 1.97 bits per heavy atom. The maximum absolute atomic E-state index is 13.4. The molecule has 3 atom stereocenters. The van der Waals surface area contributed by atoms with Crippen molar-refractivity contribution in [2.75, 3.05) is 52.6 Å². The number of ether oxygens (including phenoxy) is 2. The van der Waals surface area contributed by atoms with Crippen molar-refractivity contribution in [2.24, 2.45) is 11.7 Å². The van der Waals surface area contributed by atoms with Crippen LogP contribution in [0.25, 0.3) is 0 Å². The molecule has 1 aromatic rings. The maximum atomic E-state index is 13.4. The molecule has 3 heterocycles. The first kappa shape index (κ1) is 27.2. The van der Waals surface area contributed by atoms with E-state index in [4.69, 9.17) is 15.2 Å². The van der Waals surface area contributed by atoms with Gasteiger partial charge >= 0.3 is 5.97 Å². The smallest absolute Gasteiger partial charge is 0.308 e. The predicted octanol–water partition coefficient (Wildman–Crippen LogP) is 1.87. The second-order valence-corrected chi connectivity index (χ2v) is 10.2. The molecule has 2 saturated heterocycles. The summed E-state index contributed by atoms with van der Waals surface area (Å²) in [6.07, 6.45) is 4.51. The summed E-state index contributed by atoms with van der Waals surface area (Å²) in [5, 5.41) is 10.4. The average molecular weight is 517 g/mol. The molecule has 3 aliphatic rings. The largest absolute Gasteiger partial charge is 0.481 e. The third-order valence-electron chi connectivity index (χ3n) is 7.83. The Kier molecular flexibility index (Phi) is 9.26. The lowest BCUT2D eigenvalue weighted by molar-refractivity contribution is -0.144. The highest BCUT2D eigenvalue weighted by Crippen LogP contribution is 2.42. The first-order valence-corrected chi connectivity index (χ1v) is 13.5. The summed E-state index contributed by atoms with van der Waals surface area (Å²) >= 11 is 0. The number of amides is 2. The summed E-state index contributed by atoms with van der Waals surface area (Å²) in [7, 11) is 0. The zero-order valence-corrected chi connectivity index (χ0v) is 21.8. The molecule has 0 aromatic heterocycles. The van der Waals surface area contributed by atoms with Gasteiger partial charge in [0.05, 0.1) is 12.5 Å². The third-order valence-corrected chi connectivity index (χ3v) is 7.83. The van der Waals surface area contributed by atoms with Gasteiger partial charge in [0, 0.05) is 51.1 Å². The molecule has 204 valence electrons. The van der Waals surface area contributed by atoms with E-state index in [0.29, 0.717) is 63.6 Å². The average Bonchev–Trinajstić information content (AvgIpc) is 3.60. The molecular formula is C27H40N4O6. The summed E-state index contributed by atoms with van der Waals surface area (Å²) in [6.45, 7) is 5.82. The first-order chi connectivity index (χ1) is 17.9. The second kappa shape index (κ2) is 12.6. The molecule has 3 N–H and O–H groups in total. The lowest BCUT2D eigenvalue weighted by Crippen LogP contribution is -2.46. The molecule has 2 amide bonds. The van der Waals surface area contributed by atoms with E-state index in [-0.39, 0.29) is 37.1 Å². The quantitative estimate of drug-likeness (QED) is 0.407. The zero-order valence-electron chi connectivity index (χ0n) is 21.8. The van der Waals surface area contributed by atoms with Gasteiger partial charge in [0.15, 0.2) is 11.5 Å². The van der Waals surface area contributed by atoms with Crippen molar-refractivity contribution in [3.8, 4) is 11.5 Å². The van der Waals surface area contributed by atoms with Gasteiger partial charge in [-0.1, -0.05) is 19.4 Å². The molecule has 3 aliphatic heterocycles. The highest BCUT2D eigenvalue weighted by molar-refractivity contribution is 5.79. The molecule has 1 aromatic carbocycles. The molecule has 10 nitrogen and oxygen atoms in total. The Bertz CT molecular complexity index is 964. The number of carboxylic acids is 1. The molecular weight excluding hydrogens is 476 g/mol. The summed E-state index contributed by atoms with van der Waals surface area (Å²) in [4.78, 5) is 44.0. The van der Waals surface area contributed by atoms with E-state index in [1.807, 2.05) is 32.9 Å². The van der Waals surface area contributed by atoms with Gasteiger partial charge in [0.2, 0.25) is 18.6 Å². The van der Waals surface area contributed by atoms with Gasteiger partial charge in [-0.25, -0.2) is 0 Å². The minimum Gasteiger partial charge on any atom is -0.481 e. The number of carboxylic acid groups (broad SMARTS) is 1. The first-order valence-electron chi connectivity index (χ1n) is 13.5. The van der Waals surface area contributed by atoms with Crippen LogP contribution < -0.4 is 15.2 Å². The van der Waals surface area contributed by atoms with E-state index in [1.165, 1.54) is 0 Å². The fraction of sp³-hybridized carbons (Fsp3) is 0.667. The maximum Gasteiger partial charge on any atom is 0.308 e. The van der Waals surface area contributed by atoms with Gasteiger partial charge in [0.1, 0.15) is 0 Å². The molecule has 0 bridgehead atoms. The van der Waals surface area contributed by atoms with E-state index in [1.54, 1.807) is 0 Å². The van der Waals surface area contributed by atoms with Crippen molar-refractivity contribution in [1.29, 1.82) is 0 Å². The number of nitrogens with zero attached hydrogens (tertiary/aromatic N) is 3. The van der Waals surface area contributed by atoms with Crippen molar-refractivity contribution in [3.63, 3.8) is 0 Å². The number of hydrogen-bond donors (Lipinski definition) is 2. The van der Waals surface area contributed by atoms with Crippen molar-refractivity contribution in [3.05, 3.63) is 23.8 Å². The third kappa shape index (κ3) is 6.35. The number of carbonyl (C=O) groups is 3. The number of aliphatic carboxylic acids is 1. The highest BCUT2D eigenvalue weighted by Gasteiger charge is 2.47. The summed E-state index contributed by atoms with van der Waals surface area (Å²) in [5.41, 5.74) is 6.57. The summed E-state index contributed by atoms with van der Waals surface area (Å²) < 4.78 is 11.0. The van der Waals surface area contributed by atoms with Crippen LogP contribution in [-0.4, -0.2) is 96.2 Å². The van der Waals surface area contributed by atoms with Crippen LogP contribution in [0.1, 0.15) is 56.9 Å². The molecule has 37 heavy (non-hydrogen) atoms. The van der Waals surface area contributed by atoms with E-state index in [9.17, 15) is 19.5 Å². The number of fused-ring (bicyclic) bond motifs is 1. The second-order valence-electron chi connectivity index (χ2n) is 10.2. The molecule has 3 unspecified atom stereocenters.